The molecule has 2 atom stereocenters. The van der Waals surface area contributed by atoms with Crippen LogP contribution in [0.15, 0.2) is 22.6 Å². The van der Waals surface area contributed by atoms with Crippen LogP contribution in [0.3, 0.4) is 0 Å². The molecule has 0 radical (unpaired) electrons. The first-order valence-corrected chi connectivity index (χ1v) is 7.39. The average Bonchev–Trinajstić information content (AvgIpc) is 2.26. The van der Waals surface area contributed by atoms with E-state index in [0.717, 1.165) is 25.3 Å². The van der Waals surface area contributed by atoms with Gasteiger partial charge in [0.2, 0.25) is 0 Å². The lowest BCUT2D eigenvalue weighted by Crippen LogP contribution is -2.35. The van der Waals surface area contributed by atoms with Crippen LogP contribution in [0.4, 0.5) is 13.2 Å². The maximum Gasteiger partial charge on any atom is 0.414 e. The molecule has 20 heavy (non-hydrogen) atoms. The monoisotopic (exact) mass is 314 g/mol. The molecule has 1 aliphatic rings. The van der Waals surface area contributed by atoms with E-state index in [0.29, 0.717) is 0 Å². The fraction of sp³-hybridized carbons (Fsp3) is 0.545. The summed E-state index contributed by atoms with van der Waals surface area (Å²) in [6.07, 6.45) is -5.50. The summed E-state index contributed by atoms with van der Waals surface area (Å²) in [5, 5.41) is 8.96. The topological polar surface area (TPSA) is 80.7 Å². The van der Waals surface area contributed by atoms with Crippen LogP contribution in [-0.4, -0.2) is 44.1 Å². The number of sulfone groups is 1. The number of alkyl halides is 3. The minimum atomic E-state index is -4.62. The molecule has 0 aliphatic heterocycles. The summed E-state index contributed by atoms with van der Waals surface area (Å²) in [7, 11) is -3.63. The molecule has 114 valence electrons. The van der Waals surface area contributed by atoms with E-state index >= 15 is 0 Å². The second kappa shape index (κ2) is 5.57. The van der Waals surface area contributed by atoms with Crippen LogP contribution in [0.2, 0.25) is 0 Å². The van der Waals surface area contributed by atoms with E-state index < -0.39 is 39.8 Å². The lowest BCUT2D eigenvalue weighted by Gasteiger charge is -2.26. The molecule has 0 amide bonds. The highest BCUT2D eigenvalue weighted by molar-refractivity contribution is 7.94. The van der Waals surface area contributed by atoms with Crippen LogP contribution in [0.1, 0.15) is 13.3 Å². The molecule has 1 aliphatic carbocycles. The van der Waals surface area contributed by atoms with Crippen molar-refractivity contribution in [3.63, 3.8) is 0 Å². The molecule has 0 spiro atoms. The van der Waals surface area contributed by atoms with Crippen molar-refractivity contribution in [2.45, 2.75) is 31.7 Å². The predicted molar refractivity (Wildman–Crippen MR) is 63.7 cm³/mol. The van der Waals surface area contributed by atoms with Crippen molar-refractivity contribution in [1.82, 2.24) is 0 Å². The summed E-state index contributed by atoms with van der Waals surface area (Å²) in [4.78, 5) is 10.8. The van der Waals surface area contributed by atoms with Crippen molar-refractivity contribution >= 4 is 15.8 Å². The van der Waals surface area contributed by atoms with Gasteiger partial charge in [0.1, 0.15) is 0 Å². The Balaban J connectivity index is 3.01. The molecule has 5 nitrogen and oxygen atoms in total. The Kier molecular flexibility index (Phi) is 4.65. The number of ether oxygens (including phenoxy) is 1. The van der Waals surface area contributed by atoms with Crippen LogP contribution in [0.25, 0.3) is 0 Å². The Morgan fingerprint density at radius 1 is 1.50 bits per heavy atom. The van der Waals surface area contributed by atoms with Gasteiger partial charge in [-0.05, 0) is 19.4 Å². The molecule has 1 N–H and O–H groups in total. The lowest BCUT2D eigenvalue weighted by atomic mass is 10.0. The highest BCUT2D eigenvalue weighted by Crippen LogP contribution is 2.29. The molecule has 0 saturated heterocycles. The molecule has 0 aromatic heterocycles. The highest BCUT2D eigenvalue weighted by Gasteiger charge is 2.40. The Labute approximate surface area is 113 Å². The SMILES string of the molecule is C[C@H](OC1CC=C(S(C)(=O)=O)C=C1C(=O)O)C(F)(F)F. The Morgan fingerprint density at radius 3 is 2.45 bits per heavy atom. The van der Waals surface area contributed by atoms with Gasteiger partial charge in [-0.15, -0.1) is 0 Å². The van der Waals surface area contributed by atoms with Crippen molar-refractivity contribution in [2.75, 3.05) is 6.26 Å². The molecule has 0 fully saturated rings. The van der Waals surface area contributed by atoms with Gasteiger partial charge in [0.25, 0.3) is 0 Å². The van der Waals surface area contributed by atoms with Crippen molar-refractivity contribution in [3.8, 4) is 0 Å². The molecule has 0 aromatic rings. The van der Waals surface area contributed by atoms with E-state index in [4.69, 9.17) is 5.11 Å². The maximum absolute atomic E-state index is 12.4. The standard InChI is InChI=1S/C11H13F3O5S/c1-6(11(12,13)14)19-9-4-3-7(20(2,17)18)5-8(9)10(15)16/h3,5-6,9H,4H2,1-2H3,(H,15,16)/t6-,9?/m0/s1. The minimum absolute atomic E-state index is 0.241. The second-order valence-corrected chi connectivity index (χ2v) is 6.34. The summed E-state index contributed by atoms with van der Waals surface area (Å²) in [6, 6.07) is 0. The van der Waals surface area contributed by atoms with E-state index in [1.54, 1.807) is 0 Å². The van der Waals surface area contributed by atoms with Crippen LogP contribution >= 0.6 is 0 Å². The summed E-state index contributed by atoms with van der Waals surface area (Å²) >= 11 is 0. The van der Waals surface area contributed by atoms with E-state index in [-0.39, 0.29) is 11.3 Å². The summed E-state index contributed by atoms with van der Waals surface area (Å²) in [5.74, 6) is -1.52. The Bertz CT molecular complexity index is 559. The molecule has 0 aromatic carbocycles. The zero-order valence-corrected chi connectivity index (χ0v) is 11.5. The normalized spacial score (nSPS) is 21.9. The van der Waals surface area contributed by atoms with Gasteiger partial charge in [0.05, 0.1) is 16.6 Å². The van der Waals surface area contributed by atoms with E-state index in [1.807, 2.05) is 0 Å². The van der Waals surface area contributed by atoms with Crippen LogP contribution in [-0.2, 0) is 19.4 Å². The van der Waals surface area contributed by atoms with Gasteiger partial charge in [-0.1, -0.05) is 6.08 Å². The average molecular weight is 314 g/mol. The predicted octanol–water partition coefficient (Wildman–Crippen LogP) is 1.67. The van der Waals surface area contributed by atoms with Gasteiger partial charge in [-0.25, -0.2) is 13.2 Å². The number of carbonyl (C=O) groups is 1. The third kappa shape index (κ3) is 4.07. The first-order valence-electron chi connectivity index (χ1n) is 5.50. The third-order valence-electron chi connectivity index (χ3n) is 2.68. The van der Waals surface area contributed by atoms with Crippen molar-refractivity contribution in [3.05, 3.63) is 22.6 Å². The summed E-state index contributed by atoms with van der Waals surface area (Å²) < 4.78 is 64.5. The molecule has 1 rings (SSSR count). The fourth-order valence-corrected chi connectivity index (χ4v) is 2.31. The fourth-order valence-electron chi connectivity index (χ4n) is 1.57. The quantitative estimate of drug-likeness (QED) is 0.853. The van der Waals surface area contributed by atoms with Crippen LogP contribution in [0, 0.1) is 0 Å². The zero-order valence-electron chi connectivity index (χ0n) is 10.6. The number of carboxylic acids is 1. The van der Waals surface area contributed by atoms with Gasteiger partial charge in [0, 0.05) is 6.26 Å². The molecule has 0 saturated carbocycles. The molecule has 1 unspecified atom stereocenters. The number of hydrogen-bond acceptors (Lipinski definition) is 4. The number of rotatable bonds is 4. The van der Waals surface area contributed by atoms with Gasteiger partial charge in [-0.3, -0.25) is 0 Å². The summed E-state index contributed by atoms with van der Waals surface area (Å²) in [5.41, 5.74) is -0.510. The van der Waals surface area contributed by atoms with E-state index in [9.17, 15) is 26.4 Å². The molecule has 0 heterocycles. The first-order chi connectivity index (χ1) is 8.93. The maximum atomic E-state index is 12.4. The van der Waals surface area contributed by atoms with Crippen LogP contribution < -0.4 is 0 Å². The minimum Gasteiger partial charge on any atom is -0.478 e. The molecule has 0 bridgehead atoms. The Morgan fingerprint density at radius 2 is 2.05 bits per heavy atom. The number of carboxylic acid groups (broad SMARTS) is 1. The first kappa shape index (κ1) is 16.7. The number of allylic oxidation sites excluding steroid dienone is 1. The van der Waals surface area contributed by atoms with Crippen molar-refractivity contribution in [1.29, 1.82) is 0 Å². The third-order valence-corrected chi connectivity index (χ3v) is 3.82. The molecular weight excluding hydrogens is 301 g/mol. The van der Waals surface area contributed by atoms with Gasteiger partial charge >= 0.3 is 12.1 Å². The van der Waals surface area contributed by atoms with Crippen LogP contribution in [0.5, 0.6) is 0 Å². The van der Waals surface area contributed by atoms with E-state index in [2.05, 4.69) is 4.74 Å². The molecular formula is C11H13F3O5S. The number of halogens is 3. The van der Waals surface area contributed by atoms with Gasteiger partial charge < -0.3 is 9.84 Å². The molecule has 9 heteroatoms. The van der Waals surface area contributed by atoms with Crippen molar-refractivity contribution < 1.29 is 36.2 Å². The Hall–Kier alpha value is -1.35. The number of hydrogen-bond donors (Lipinski definition) is 1. The zero-order chi connectivity index (χ0) is 15.7. The summed E-state index contributed by atoms with van der Waals surface area (Å²) in [6.45, 7) is 0.759. The highest BCUT2D eigenvalue weighted by atomic mass is 32.2. The lowest BCUT2D eigenvalue weighted by molar-refractivity contribution is -0.223. The van der Waals surface area contributed by atoms with E-state index in [1.165, 1.54) is 0 Å². The largest absolute Gasteiger partial charge is 0.478 e. The van der Waals surface area contributed by atoms with Crippen molar-refractivity contribution in [2.24, 2.45) is 0 Å². The van der Waals surface area contributed by atoms with Gasteiger partial charge in [-0.2, -0.15) is 13.2 Å². The van der Waals surface area contributed by atoms with Gasteiger partial charge in [0.15, 0.2) is 15.9 Å². The second-order valence-electron chi connectivity index (χ2n) is 4.33. The smallest absolute Gasteiger partial charge is 0.414 e. The number of aliphatic carboxylic acids is 1.